The number of benzene rings is 2. The van der Waals surface area contributed by atoms with E-state index in [-0.39, 0.29) is 11.9 Å². The van der Waals surface area contributed by atoms with Crippen molar-refractivity contribution in [2.45, 2.75) is 58.5 Å². The van der Waals surface area contributed by atoms with E-state index in [9.17, 15) is 4.79 Å². The minimum absolute atomic E-state index is 0.135. The third-order valence-corrected chi connectivity index (χ3v) is 6.69. The highest BCUT2D eigenvalue weighted by molar-refractivity contribution is 7.99. The van der Waals surface area contributed by atoms with Gasteiger partial charge in [0.1, 0.15) is 12.4 Å². The number of carbonyl (C=O) groups is 1. The van der Waals surface area contributed by atoms with Crippen molar-refractivity contribution in [2.24, 2.45) is 0 Å². The Morgan fingerprint density at radius 1 is 1.12 bits per heavy atom. The lowest BCUT2D eigenvalue weighted by Gasteiger charge is -2.28. The van der Waals surface area contributed by atoms with Crippen molar-refractivity contribution in [2.75, 3.05) is 12.3 Å². The van der Waals surface area contributed by atoms with Gasteiger partial charge in [-0.25, -0.2) is 0 Å². The van der Waals surface area contributed by atoms with Gasteiger partial charge in [-0.1, -0.05) is 48.2 Å². The van der Waals surface area contributed by atoms with Crippen molar-refractivity contribution < 1.29 is 9.53 Å². The fourth-order valence-electron chi connectivity index (χ4n) is 3.95. The lowest BCUT2D eigenvalue weighted by molar-refractivity contribution is -0.129. The SMILES string of the molecule is Cc1ccc(C)c(OCc2nnc(SCC(=O)N3CCc4ccccc4C3)n2C(C)C)c1. The number of hydrogen-bond acceptors (Lipinski definition) is 5. The first-order valence-corrected chi connectivity index (χ1v) is 12.0. The van der Waals surface area contributed by atoms with E-state index in [1.165, 1.54) is 22.9 Å². The summed E-state index contributed by atoms with van der Waals surface area (Å²) >= 11 is 1.45. The number of aromatic nitrogens is 3. The third kappa shape index (κ3) is 4.99. The Balaban J connectivity index is 1.40. The molecule has 0 saturated carbocycles. The molecule has 4 rings (SSSR count). The van der Waals surface area contributed by atoms with E-state index < -0.39 is 0 Å². The van der Waals surface area contributed by atoms with Crippen molar-refractivity contribution in [1.29, 1.82) is 0 Å². The van der Waals surface area contributed by atoms with Crippen LogP contribution in [0.4, 0.5) is 0 Å². The fraction of sp³-hybridized carbons (Fsp3) is 0.400. The number of rotatable bonds is 7. The van der Waals surface area contributed by atoms with Crippen LogP contribution in [-0.2, 0) is 24.4 Å². The topological polar surface area (TPSA) is 60.3 Å². The van der Waals surface area contributed by atoms with E-state index in [0.29, 0.717) is 18.9 Å². The van der Waals surface area contributed by atoms with Gasteiger partial charge in [0, 0.05) is 19.1 Å². The molecule has 0 radical (unpaired) electrons. The summed E-state index contributed by atoms with van der Waals surface area (Å²) in [6, 6.07) is 14.7. The Hall–Kier alpha value is -2.80. The number of aryl methyl sites for hydroxylation is 2. The molecule has 0 fully saturated rings. The summed E-state index contributed by atoms with van der Waals surface area (Å²) in [7, 11) is 0. The van der Waals surface area contributed by atoms with Gasteiger partial charge < -0.3 is 14.2 Å². The molecular weight excluding hydrogens is 420 g/mol. The quantitative estimate of drug-likeness (QED) is 0.487. The number of amides is 1. The van der Waals surface area contributed by atoms with Crippen LogP contribution in [0.25, 0.3) is 0 Å². The van der Waals surface area contributed by atoms with Crippen molar-refractivity contribution in [3.8, 4) is 5.75 Å². The summed E-state index contributed by atoms with van der Waals surface area (Å²) in [6.45, 7) is 10.1. The lowest BCUT2D eigenvalue weighted by atomic mass is 10.00. The number of ether oxygens (including phenoxy) is 1. The zero-order valence-corrected chi connectivity index (χ0v) is 20.0. The summed E-state index contributed by atoms with van der Waals surface area (Å²) in [4.78, 5) is 14.8. The third-order valence-electron chi connectivity index (χ3n) is 5.76. The van der Waals surface area contributed by atoms with Crippen LogP contribution in [0.1, 0.15) is 48.0 Å². The molecule has 0 atom stereocenters. The van der Waals surface area contributed by atoms with Gasteiger partial charge in [0.25, 0.3) is 0 Å². The van der Waals surface area contributed by atoms with E-state index >= 15 is 0 Å². The monoisotopic (exact) mass is 450 g/mol. The molecule has 0 N–H and O–H groups in total. The molecule has 6 nitrogen and oxygen atoms in total. The molecule has 0 saturated heterocycles. The van der Waals surface area contributed by atoms with Crippen LogP contribution < -0.4 is 4.74 Å². The molecule has 32 heavy (non-hydrogen) atoms. The largest absolute Gasteiger partial charge is 0.485 e. The van der Waals surface area contributed by atoms with Gasteiger partial charge >= 0.3 is 0 Å². The molecule has 0 aliphatic carbocycles. The second-order valence-corrected chi connectivity index (χ2v) is 9.49. The van der Waals surface area contributed by atoms with Crippen LogP contribution in [0.3, 0.4) is 0 Å². The Kier molecular flexibility index (Phi) is 6.84. The minimum Gasteiger partial charge on any atom is -0.485 e. The van der Waals surface area contributed by atoms with Gasteiger partial charge in [0.2, 0.25) is 5.91 Å². The zero-order valence-electron chi connectivity index (χ0n) is 19.2. The fourth-order valence-corrected chi connectivity index (χ4v) is 4.94. The first-order valence-electron chi connectivity index (χ1n) is 11.0. The maximum atomic E-state index is 12.9. The van der Waals surface area contributed by atoms with Crippen LogP contribution in [0, 0.1) is 13.8 Å². The van der Waals surface area contributed by atoms with E-state index in [2.05, 4.69) is 65.9 Å². The van der Waals surface area contributed by atoms with Crippen LogP contribution in [0.15, 0.2) is 47.6 Å². The van der Waals surface area contributed by atoms with E-state index in [1.54, 1.807) is 0 Å². The van der Waals surface area contributed by atoms with Crippen LogP contribution >= 0.6 is 11.8 Å². The molecule has 7 heteroatoms. The van der Waals surface area contributed by atoms with E-state index in [0.717, 1.165) is 40.8 Å². The second kappa shape index (κ2) is 9.77. The molecule has 0 unspecified atom stereocenters. The lowest BCUT2D eigenvalue weighted by Crippen LogP contribution is -2.37. The standard InChI is InChI=1S/C25H30N4O2S/c1-17(2)29-23(15-31-22-13-18(3)9-10-19(22)4)26-27-25(29)32-16-24(30)28-12-11-20-7-5-6-8-21(20)14-28/h5-10,13,17H,11-12,14-16H2,1-4H3. The second-order valence-electron chi connectivity index (χ2n) is 8.54. The van der Waals surface area contributed by atoms with Crippen molar-refractivity contribution in [1.82, 2.24) is 19.7 Å². The number of nitrogens with zero attached hydrogens (tertiary/aromatic N) is 4. The average Bonchev–Trinajstić information content (AvgIpc) is 3.21. The molecule has 168 valence electrons. The van der Waals surface area contributed by atoms with Gasteiger partial charge in [0.05, 0.1) is 5.75 Å². The first kappa shape index (κ1) is 22.4. The van der Waals surface area contributed by atoms with Crippen LogP contribution in [0.2, 0.25) is 0 Å². The maximum absolute atomic E-state index is 12.9. The predicted molar refractivity (Wildman–Crippen MR) is 127 cm³/mol. The maximum Gasteiger partial charge on any atom is 0.233 e. The van der Waals surface area contributed by atoms with Gasteiger partial charge in [-0.05, 0) is 62.4 Å². The smallest absolute Gasteiger partial charge is 0.233 e. The molecule has 1 amide bonds. The Bertz CT molecular complexity index is 1110. The Morgan fingerprint density at radius 3 is 2.69 bits per heavy atom. The number of thioether (sulfide) groups is 1. The molecule has 0 bridgehead atoms. The average molecular weight is 451 g/mol. The van der Waals surface area contributed by atoms with Crippen LogP contribution in [0.5, 0.6) is 5.75 Å². The summed E-state index contributed by atoms with van der Waals surface area (Å²) in [5.41, 5.74) is 4.84. The van der Waals surface area contributed by atoms with Gasteiger partial charge in [-0.15, -0.1) is 10.2 Å². The first-order chi connectivity index (χ1) is 15.4. The predicted octanol–water partition coefficient (Wildman–Crippen LogP) is 4.73. The molecule has 1 aromatic heterocycles. The van der Waals surface area contributed by atoms with Crippen molar-refractivity contribution >= 4 is 17.7 Å². The van der Waals surface area contributed by atoms with Gasteiger partial charge in [0.15, 0.2) is 11.0 Å². The molecule has 2 heterocycles. The summed E-state index contributed by atoms with van der Waals surface area (Å²) in [6.07, 6.45) is 0.911. The van der Waals surface area contributed by atoms with Gasteiger partial charge in [-0.3, -0.25) is 4.79 Å². The summed E-state index contributed by atoms with van der Waals surface area (Å²) in [5.74, 6) is 2.11. The molecule has 2 aromatic carbocycles. The molecule has 3 aromatic rings. The highest BCUT2D eigenvalue weighted by Gasteiger charge is 2.22. The molecule has 0 spiro atoms. The zero-order chi connectivity index (χ0) is 22.7. The summed E-state index contributed by atoms with van der Waals surface area (Å²) < 4.78 is 8.12. The number of fused-ring (bicyclic) bond motifs is 1. The number of hydrogen-bond donors (Lipinski definition) is 0. The van der Waals surface area contributed by atoms with Gasteiger partial charge in [-0.2, -0.15) is 0 Å². The van der Waals surface area contributed by atoms with Crippen LogP contribution in [-0.4, -0.2) is 37.9 Å². The van der Waals surface area contributed by atoms with Crippen molar-refractivity contribution in [3.05, 3.63) is 70.5 Å². The summed E-state index contributed by atoms with van der Waals surface area (Å²) in [5, 5.41) is 9.49. The highest BCUT2D eigenvalue weighted by atomic mass is 32.2. The van der Waals surface area contributed by atoms with E-state index in [1.807, 2.05) is 24.0 Å². The normalized spacial score (nSPS) is 13.3. The molecular formula is C25H30N4O2S. The Morgan fingerprint density at radius 2 is 1.91 bits per heavy atom. The highest BCUT2D eigenvalue weighted by Crippen LogP contribution is 2.26. The Labute approximate surface area is 194 Å². The van der Waals surface area contributed by atoms with Crippen molar-refractivity contribution in [3.63, 3.8) is 0 Å². The minimum atomic E-state index is 0.135. The van der Waals surface area contributed by atoms with E-state index in [4.69, 9.17) is 4.74 Å². The molecule has 1 aliphatic heterocycles. The number of carbonyl (C=O) groups excluding carboxylic acids is 1. The molecule has 1 aliphatic rings.